The van der Waals surface area contributed by atoms with Crippen molar-refractivity contribution in [3.05, 3.63) is 29.8 Å². The van der Waals surface area contributed by atoms with Crippen molar-refractivity contribution in [2.24, 2.45) is 0 Å². The van der Waals surface area contributed by atoms with E-state index in [-0.39, 0.29) is 6.10 Å². The number of quaternary nitrogens is 1. The second-order valence-electron chi connectivity index (χ2n) is 5.48. The van der Waals surface area contributed by atoms with Crippen LogP contribution in [0.5, 0.6) is 5.75 Å². The predicted molar refractivity (Wildman–Crippen MR) is 76.7 cm³/mol. The molecule has 1 atom stereocenters. The van der Waals surface area contributed by atoms with Gasteiger partial charge >= 0.3 is 0 Å². The summed E-state index contributed by atoms with van der Waals surface area (Å²) in [6, 6.07) is 8.13. The smallest absolute Gasteiger partial charge is 0.137 e. The van der Waals surface area contributed by atoms with E-state index >= 15 is 0 Å². The van der Waals surface area contributed by atoms with E-state index < -0.39 is 0 Å². The molecule has 1 aromatic rings. The van der Waals surface area contributed by atoms with Crippen LogP contribution in [-0.4, -0.2) is 37.5 Å². The standard InChI is InChI=1S/C16H25NO2/c1-2-14-6-8-16(9-7-14)19-13-15(18)12-17-10-4-3-5-11-17/h6-9,15,18H,2-5,10-13H2,1H3/p+1/t15-/m1/s1. The van der Waals surface area contributed by atoms with Gasteiger partial charge in [-0.2, -0.15) is 0 Å². The average Bonchev–Trinajstić information content (AvgIpc) is 2.47. The molecule has 0 aliphatic carbocycles. The zero-order valence-electron chi connectivity index (χ0n) is 11.9. The fraction of sp³-hybridized carbons (Fsp3) is 0.625. The fourth-order valence-electron chi connectivity index (χ4n) is 2.66. The molecule has 1 fully saturated rings. The number of piperidine rings is 1. The van der Waals surface area contributed by atoms with Crippen molar-refractivity contribution in [2.75, 3.05) is 26.2 Å². The van der Waals surface area contributed by atoms with Gasteiger partial charge in [0.15, 0.2) is 0 Å². The number of aliphatic hydroxyl groups is 1. The minimum atomic E-state index is -0.362. The summed E-state index contributed by atoms with van der Waals surface area (Å²) < 4.78 is 5.65. The highest BCUT2D eigenvalue weighted by atomic mass is 16.5. The molecule has 106 valence electrons. The predicted octanol–water partition coefficient (Wildman–Crippen LogP) is 1.06. The van der Waals surface area contributed by atoms with Gasteiger partial charge in [0.05, 0.1) is 13.1 Å². The molecular weight excluding hydrogens is 238 g/mol. The van der Waals surface area contributed by atoms with Crippen LogP contribution in [0, 0.1) is 0 Å². The number of aryl methyl sites for hydroxylation is 1. The maximum atomic E-state index is 10.0. The first-order chi connectivity index (χ1) is 9.28. The molecule has 3 heteroatoms. The van der Waals surface area contributed by atoms with Crippen molar-refractivity contribution in [2.45, 2.75) is 38.7 Å². The minimum absolute atomic E-state index is 0.362. The minimum Gasteiger partial charge on any atom is -0.491 e. The normalized spacial score (nSPS) is 18.2. The van der Waals surface area contributed by atoms with Crippen LogP contribution in [0.1, 0.15) is 31.7 Å². The van der Waals surface area contributed by atoms with E-state index in [0.29, 0.717) is 6.61 Å². The Morgan fingerprint density at radius 3 is 2.47 bits per heavy atom. The molecule has 1 aliphatic heterocycles. The summed E-state index contributed by atoms with van der Waals surface area (Å²) in [5.41, 5.74) is 1.31. The molecule has 19 heavy (non-hydrogen) atoms. The van der Waals surface area contributed by atoms with E-state index in [9.17, 15) is 5.11 Å². The van der Waals surface area contributed by atoms with Crippen LogP contribution in [0.25, 0.3) is 0 Å². The third kappa shape index (κ3) is 4.84. The van der Waals surface area contributed by atoms with Crippen molar-refractivity contribution < 1.29 is 14.7 Å². The number of rotatable bonds is 6. The van der Waals surface area contributed by atoms with Crippen molar-refractivity contribution in [3.63, 3.8) is 0 Å². The molecule has 0 unspecified atom stereocenters. The number of benzene rings is 1. The van der Waals surface area contributed by atoms with E-state index in [4.69, 9.17) is 4.74 Å². The highest BCUT2D eigenvalue weighted by Gasteiger charge is 2.18. The van der Waals surface area contributed by atoms with Gasteiger partial charge in [0.1, 0.15) is 25.0 Å². The van der Waals surface area contributed by atoms with Crippen LogP contribution in [0.4, 0.5) is 0 Å². The zero-order valence-corrected chi connectivity index (χ0v) is 11.9. The van der Waals surface area contributed by atoms with Crippen LogP contribution in [0.2, 0.25) is 0 Å². The van der Waals surface area contributed by atoms with Crippen LogP contribution in [-0.2, 0) is 6.42 Å². The summed E-state index contributed by atoms with van der Waals surface area (Å²) in [6.45, 7) is 5.74. The summed E-state index contributed by atoms with van der Waals surface area (Å²) in [6.07, 6.45) is 4.61. The molecule has 3 nitrogen and oxygen atoms in total. The van der Waals surface area contributed by atoms with Gasteiger partial charge in [-0.15, -0.1) is 0 Å². The van der Waals surface area contributed by atoms with Crippen LogP contribution < -0.4 is 9.64 Å². The Labute approximate surface area is 116 Å². The lowest BCUT2D eigenvalue weighted by atomic mass is 10.1. The lowest BCUT2D eigenvalue weighted by Crippen LogP contribution is -3.14. The summed E-state index contributed by atoms with van der Waals surface area (Å²) >= 11 is 0. The van der Waals surface area contributed by atoms with Crippen molar-refractivity contribution >= 4 is 0 Å². The Bertz CT molecular complexity index is 358. The van der Waals surface area contributed by atoms with Crippen LogP contribution >= 0.6 is 0 Å². The first-order valence-electron chi connectivity index (χ1n) is 7.51. The van der Waals surface area contributed by atoms with Gasteiger partial charge in [-0.25, -0.2) is 0 Å². The SMILES string of the molecule is CCc1ccc(OC[C@H](O)C[NH+]2CCCCC2)cc1. The Hall–Kier alpha value is -1.06. The number of likely N-dealkylation sites (tertiary alicyclic amines) is 1. The second kappa shape index (κ2) is 7.51. The molecule has 1 aliphatic rings. The van der Waals surface area contributed by atoms with Gasteiger partial charge in [-0.1, -0.05) is 19.1 Å². The van der Waals surface area contributed by atoms with Crippen LogP contribution in [0.3, 0.4) is 0 Å². The molecule has 0 amide bonds. The first kappa shape index (κ1) is 14.4. The molecular formula is C16H26NO2+. The molecule has 1 saturated heterocycles. The van der Waals surface area contributed by atoms with Crippen LogP contribution in [0.15, 0.2) is 24.3 Å². The molecule has 1 aromatic carbocycles. The highest BCUT2D eigenvalue weighted by Crippen LogP contribution is 2.12. The number of aliphatic hydroxyl groups excluding tert-OH is 1. The Kier molecular flexibility index (Phi) is 5.67. The van der Waals surface area contributed by atoms with E-state index in [2.05, 4.69) is 19.1 Å². The highest BCUT2D eigenvalue weighted by molar-refractivity contribution is 5.27. The zero-order chi connectivity index (χ0) is 13.5. The van der Waals surface area contributed by atoms with Gasteiger partial charge in [-0.05, 0) is 43.4 Å². The molecule has 0 spiro atoms. The number of ether oxygens (including phenoxy) is 1. The first-order valence-corrected chi connectivity index (χ1v) is 7.51. The van der Waals surface area contributed by atoms with Crippen molar-refractivity contribution in [1.29, 1.82) is 0 Å². The topological polar surface area (TPSA) is 33.9 Å². The third-order valence-electron chi connectivity index (χ3n) is 3.86. The monoisotopic (exact) mass is 264 g/mol. The molecule has 2 N–H and O–H groups in total. The van der Waals surface area contributed by atoms with E-state index in [1.54, 1.807) is 0 Å². The van der Waals surface area contributed by atoms with E-state index in [0.717, 1.165) is 18.7 Å². The number of hydrogen-bond donors (Lipinski definition) is 2. The molecule has 0 bridgehead atoms. The molecule has 0 aromatic heterocycles. The number of hydrogen-bond acceptors (Lipinski definition) is 2. The van der Waals surface area contributed by atoms with E-state index in [1.165, 1.54) is 42.8 Å². The lowest BCUT2D eigenvalue weighted by Gasteiger charge is -2.25. The Morgan fingerprint density at radius 2 is 1.84 bits per heavy atom. The fourth-order valence-corrected chi connectivity index (χ4v) is 2.66. The van der Waals surface area contributed by atoms with Gasteiger partial charge in [-0.3, -0.25) is 0 Å². The second-order valence-corrected chi connectivity index (χ2v) is 5.48. The number of nitrogens with one attached hydrogen (secondary N) is 1. The summed E-state index contributed by atoms with van der Waals surface area (Å²) in [7, 11) is 0. The maximum absolute atomic E-state index is 10.0. The van der Waals surface area contributed by atoms with Crippen molar-refractivity contribution in [3.8, 4) is 5.75 Å². The largest absolute Gasteiger partial charge is 0.491 e. The summed E-state index contributed by atoms with van der Waals surface area (Å²) in [4.78, 5) is 1.52. The molecule has 1 heterocycles. The van der Waals surface area contributed by atoms with Gasteiger partial charge < -0.3 is 14.7 Å². The third-order valence-corrected chi connectivity index (χ3v) is 3.86. The van der Waals surface area contributed by atoms with Gasteiger partial charge in [0.2, 0.25) is 0 Å². The average molecular weight is 264 g/mol. The Balaban J connectivity index is 1.71. The van der Waals surface area contributed by atoms with Crippen molar-refractivity contribution in [1.82, 2.24) is 0 Å². The molecule has 0 radical (unpaired) electrons. The molecule has 2 rings (SSSR count). The van der Waals surface area contributed by atoms with Gasteiger partial charge in [0, 0.05) is 0 Å². The maximum Gasteiger partial charge on any atom is 0.137 e. The van der Waals surface area contributed by atoms with E-state index in [1.807, 2.05) is 12.1 Å². The van der Waals surface area contributed by atoms with Gasteiger partial charge in [0.25, 0.3) is 0 Å². The summed E-state index contributed by atoms with van der Waals surface area (Å²) in [5.74, 6) is 0.852. The lowest BCUT2D eigenvalue weighted by molar-refractivity contribution is -0.908. The quantitative estimate of drug-likeness (QED) is 0.805. The molecule has 0 saturated carbocycles. The summed E-state index contributed by atoms with van der Waals surface area (Å²) in [5, 5.41) is 10.0. The Morgan fingerprint density at radius 1 is 1.16 bits per heavy atom.